The number of hydrogen-bond donors (Lipinski definition) is 1. The molecular formula is C17H18BrFN2O2. The van der Waals surface area contributed by atoms with Crippen LogP contribution in [0, 0.1) is 5.82 Å². The third kappa shape index (κ3) is 3.82. The van der Waals surface area contributed by atoms with Crippen molar-refractivity contribution in [2.75, 3.05) is 19.6 Å². The number of nitrogens with one attached hydrogen (secondary N) is 1. The Labute approximate surface area is 142 Å². The van der Waals surface area contributed by atoms with Crippen LogP contribution in [0.1, 0.15) is 35.0 Å². The number of rotatable bonds is 5. The highest BCUT2D eigenvalue weighted by molar-refractivity contribution is 9.10. The Bertz CT molecular complexity index is 669. The van der Waals surface area contributed by atoms with Gasteiger partial charge in [0.2, 0.25) is 0 Å². The molecule has 2 aromatic rings. The molecule has 1 unspecified atom stereocenters. The summed E-state index contributed by atoms with van der Waals surface area (Å²) >= 11 is 3.29. The molecule has 23 heavy (non-hydrogen) atoms. The molecule has 1 aromatic carbocycles. The molecule has 1 aliphatic heterocycles. The molecule has 4 nitrogen and oxygen atoms in total. The summed E-state index contributed by atoms with van der Waals surface area (Å²) in [5, 5.41) is 2.90. The fraction of sp³-hybridized carbons (Fsp3) is 0.353. The number of benzene rings is 1. The van der Waals surface area contributed by atoms with E-state index in [0.717, 1.165) is 31.7 Å². The Morgan fingerprint density at radius 2 is 2.13 bits per heavy atom. The van der Waals surface area contributed by atoms with Crippen molar-refractivity contribution in [2.24, 2.45) is 0 Å². The minimum absolute atomic E-state index is 0.00350. The number of likely N-dealkylation sites (tertiary alicyclic amines) is 1. The molecule has 1 saturated heterocycles. The second-order valence-corrected chi connectivity index (χ2v) is 6.46. The van der Waals surface area contributed by atoms with E-state index in [9.17, 15) is 9.18 Å². The maximum atomic E-state index is 13.4. The minimum Gasteiger partial charge on any atom is -0.468 e. The molecule has 1 N–H and O–H groups in total. The van der Waals surface area contributed by atoms with Crippen molar-refractivity contribution >= 4 is 21.8 Å². The van der Waals surface area contributed by atoms with E-state index in [4.69, 9.17) is 4.42 Å². The van der Waals surface area contributed by atoms with E-state index in [1.165, 1.54) is 18.2 Å². The molecule has 2 heterocycles. The maximum Gasteiger partial charge on any atom is 0.252 e. The van der Waals surface area contributed by atoms with E-state index in [0.29, 0.717) is 16.6 Å². The van der Waals surface area contributed by atoms with Crippen molar-refractivity contribution in [3.8, 4) is 0 Å². The van der Waals surface area contributed by atoms with Crippen LogP contribution in [0.3, 0.4) is 0 Å². The highest BCUT2D eigenvalue weighted by atomic mass is 79.9. The summed E-state index contributed by atoms with van der Waals surface area (Å²) < 4.78 is 19.5. The highest BCUT2D eigenvalue weighted by Gasteiger charge is 2.26. The van der Waals surface area contributed by atoms with Crippen LogP contribution in [0.15, 0.2) is 45.5 Å². The van der Waals surface area contributed by atoms with E-state index >= 15 is 0 Å². The molecule has 3 rings (SSSR count). The van der Waals surface area contributed by atoms with Crippen molar-refractivity contribution in [1.82, 2.24) is 10.2 Å². The predicted molar refractivity (Wildman–Crippen MR) is 88.7 cm³/mol. The zero-order valence-electron chi connectivity index (χ0n) is 12.6. The van der Waals surface area contributed by atoms with Crippen molar-refractivity contribution in [1.29, 1.82) is 0 Å². The van der Waals surface area contributed by atoms with Crippen molar-refractivity contribution in [3.63, 3.8) is 0 Å². The molecule has 1 fully saturated rings. The lowest BCUT2D eigenvalue weighted by molar-refractivity contribution is 0.0932. The molecule has 1 atom stereocenters. The van der Waals surface area contributed by atoms with Crippen LogP contribution in [-0.2, 0) is 0 Å². The van der Waals surface area contributed by atoms with Gasteiger partial charge in [-0.15, -0.1) is 0 Å². The molecule has 0 radical (unpaired) electrons. The number of hydrogen-bond acceptors (Lipinski definition) is 3. The zero-order valence-corrected chi connectivity index (χ0v) is 14.2. The Morgan fingerprint density at radius 3 is 2.83 bits per heavy atom. The van der Waals surface area contributed by atoms with E-state index in [2.05, 4.69) is 26.1 Å². The topological polar surface area (TPSA) is 45.5 Å². The smallest absolute Gasteiger partial charge is 0.252 e. The van der Waals surface area contributed by atoms with Crippen LogP contribution < -0.4 is 5.32 Å². The first-order valence-corrected chi connectivity index (χ1v) is 8.45. The highest BCUT2D eigenvalue weighted by Crippen LogP contribution is 2.25. The lowest BCUT2D eigenvalue weighted by atomic mass is 10.1. The summed E-state index contributed by atoms with van der Waals surface area (Å²) in [6.45, 7) is 2.41. The quantitative estimate of drug-likeness (QED) is 0.858. The van der Waals surface area contributed by atoms with Crippen LogP contribution in [-0.4, -0.2) is 30.4 Å². The number of carbonyl (C=O) groups excluding carboxylic acids is 1. The monoisotopic (exact) mass is 380 g/mol. The molecule has 6 heteroatoms. The van der Waals surface area contributed by atoms with Gasteiger partial charge in [0.15, 0.2) is 0 Å². The lowest BCUT2D eigenvalue weighted by Gasteiger charge is -2.26. The molecule has 122 valence electrons. The first kappa shape index (κ1) is 16.2. The summed E-state index contributed by atoms with van der Waals surface area (Å²) in [5.74, 6) is 0.109. The molecule has 0 aliphatic carbocycles. The van der Waals surface area contributed by atoms with Crippen LogP contribution >= 0.6 is 15.9 Å². The second kappa shape index (κ2) is 7.27. The van der Waals surface area contributed by atoms with Crippen molar-refractivity contribution in [3.05, 3.63) is 58.2 Å². The van der Waals surface area contributed by atoms with E-state index in [1.807, 2.05) is 12.1 Å². The Balaban J connectivity index is 1.71. The third-order valence-electron chi connectivity index (χ3n) is 4.08. The Hall–Kier alpha value is -1.66. The van der Waals surface area contributed by atoms with Crippen LogP contribution in [0.2, 0.25) is 0 Å². The fourth-order valence-electron chi connectivity index (χ4n) is 2.90. The SMILES string of the molecule is O=C(NCC(c1ccco1)N1CCCC1)c1cc(F)ccc1Br. The van der Waals surface area contributed by atoms with Gasteiger partial charge in [-0.3, -0.25) is 9.69 Å². The molecule has 1 amide bonds. The Morgan fingerprint density at radius 1 is 1.35 bits per heavy atom. The van der Waals surface area contributed by atoms with Gasteiger partial charge in [0.05, 0.1) is 17.9 Å². The number of amides is 1. The van der Waals surface area contributed by atoms with Crippen LogP contribution in [0.4, 0.5) is 4.39 Å². The molecular weight excluding hydrogens is 363 g/mol. The van der Waals surface area contributed by atoms with Gasteiger partial charge in [0.1, 0.15) is 11.6 Å². The molecule has 0 saturated carbocycles. The molecule has 0 bridgehead atoms. The summed E-state index contributed by atoms with van der Waals surface area (Å²) in [6.07, 6.45) is 3.95. The number of nitrogens with zero attached hydrogens (tertiary/aromatic N) is 1. The van der Waals surface area contributed by atoms with Gasteiger partial charge in [-0.1, -0.05) is 0 Å². The van der Waals surface area contributed by atoms with Crippen LogP contribution in [0.5, 0.6) is 0 Å². The normalized spacial score (nSPS) is 16.4. The molecule has 1 aliphatic rings. The van der Waals surface area contributed by atoms with E-state index in [-0.39, 0.29) is 11.9 Å². The third-order valence-corrected chi connectivity index (χ3v) is 4.77. The van der Waals surface area contributed by atoms with E-state index < -0.39 is 5.82 Å². The average molecular weight is 381 g/mol. The number of halogens is 2. The Kier molecular flexibility index (Phi) is 5.13. The van der Waals surface area contributed by atoms with E-state index in [1.54, 1.807) is 6.26 Å². The molecule has 1 aromatic heterocycles. The summed E-state index contributed by atoms with van der Waals surface area (Å²) in [5.41, 5.74) is 0.296. The van der Waals surface area contributed by atoms with Crippen molar-refractivity contribution in [2.45, 2.75) is 18.9 Å². The number of carbonyl (C=O) groups is 1. The average Bonchev–Trinajstić information content (AvgIpc) is 3.23. The summed E-state index contributed by atoms with van der Waals surface area (Å²) in [4.78, 5) is 14.7. The first-order chi connectivity index (χ1) is 11.1. The zero-order chi connectivity index (χ0) is 16.2. The van der Waals surface area contributed by atoms with Gasteiger partial charge >= 0.3 is 0 Å². The number of furan rings is 1. The largest absolute Gasteiger partial charge is 0.468 e. The van der Waals surface area contributed by atoms with Gasteiger partial charge in [-0.2, -0.15) is 0 Å². The van der Waals surface area contributed by atoms with Gasteiger partial charge in [0, 0.05) is 11.0 Å². The molecule has 0 spiro atoms. The van der Waals surface area contributed by atoms with Gasteiger partial charge in [0.25, 0.3) is 5.91 Å². The predicted octanol–water partition coefficient (Wildman–Crippen LogP) is 3.75. The van der Waals surface area contributed by atoms with Gasteiger partial charge in [-0.25, -0.2) is 4.39 Å². The van der Waals surface area contributed by atoms with Crippen molar-refractivity contribution < 1.29 is 13.6 Å². The summed E-state index contributed by atoms with van der Waals surface area (Å²) in [6, 6.07) is 7.86. The first-order valence-electron chi connectivity index (χ1n) is 7.66. The standard InChI is InChI=1S/C17H18BrFN2O2/c18-14-6-5-12(19)10-13(14)17(22)20-11-15(16-4-3-9-23-16)21-7-1-2-8-21/h3-6,9-10,15H,1-2,7-8,11H2,(H,20,22). The maximum absolute atomic E-state index is 13.4. The van der Waals surface area contributed by atoms with Gasteiger partial charge in [-0.05, 0) is 72.2 Å². The fourth-order valence-corrected chi connectivity index (χ4v) is 3.33. The second-order valence-electron chi connectivity index (χ2n) is 5.61. The minimum atomic E-state index is -0.430. The lowest BCUT2D eigenvalue weighted by Crippen LogP contribution is -2.36. The van der Waals surface area contributed by atoms with Gasteiger partial charge < -0.3 is 9.73 Å². The van der Waals surface area contributed by atoms with Crippen LogP contribution in [0.25, 0.3) is 0 Å². The summed E-state index contributed by atoms with van der Waals surface area (Å²) in [7, 11) is 0.